The van der Waals surface area contributed by atoms with Crippen LogP contribution in [0.3, 0.4) is 0 Å². The maximum Gasteiger partial charge on any atom is 0.291 e. The molecule has 0 saturated heterocycles. The van der Waals surface area contributed by atoms with Gasteiger partial charge in [0.05, 0.1) is 27.4 Å². The van der Waals surface area contributed by atoms with Gasteiger partial charge in [-0.3, -0.25) is 29.4 Å². The highest BCUT2D eigenvalue weighted by atomic mass is 79.9. The third-order valence-corrected chi connectivity index (χ3v) is 7.77. The molecule has 258 valence electrons. The van der Waals surface area contributed by atoms with Crippen molar-refractivity contribution in [1.29, 1.82) is 5.41 Å². The highest BCUT2D eigenvalue weighted by Crippen LogP contribution is 2.25. The highest BCUT2D eigenvalue weighted by Gasteiger charge is 2.20. The van der Waals surface area contributed by atoms with Crippen LogP contribution in [0.5, 0.6) is 0 Å². The third-order valence-electron chi connectivity index (χ3n) is 7.41. The van der Waals surface area contributed by atoms with Crippen LogP contribution in [0.2, 0.25) is 0 Å². The summed E-state index contributed by atoms with van der Waals surface area (Å²) in [5, 5.41) is 21.4. The number of nitrogens with two attached hydrogens (primary N) is 1. The molecule has 5 aromatic rings. The van der Waals surface area contributed by atoms with Gasteiger partial charge in [-0.15, -0.1) is 0 Å². The first kappa shape index (κ1) is 35.0. The number of furan rings is 1. The number of nitrogens with zero attached hydrogens (tertiary/aromatic N) is 3. The summed E-state index contributed by atoms with van der Waals surface area (Å²) in [7, 11) is 4.95. The zero-order chi connectivity index (χ0) is 36.3. The van der Waals surface area contributed by atoms with Crippen molar-refractivity contribution in [1.82, 2.24) is 19.0 Å². The first-order valence-corrected chi connectivity index (χ1v) is 15.7. The lowest BCUT2D eigenvalue weighted by Gasteiger charge is -2.04. The number of nitrogens with one attached hydrogen (secondary N) is 6. The number of anilines is 4. The number of carbonyl (C=O) groups is 5. The van der Waals surface area contributed by atoms with Crippen LogP contribution in [0.25, 0.3) is 11.0 Å². The Morgan fingerprint density at radius 3 is 1.74 bits per heavy atom. The van der Waals surface area contributed by atoms with Gasteiger partial charge in [0, 0.05) is 63.8 Å². The van der Waals surface area contributed by atoms with Crippen LogP contribution < -0.4 is 32.3 Å². The number of amides is 5. The molecule has 0 fully saturated rings. The summed E-state index contributed by atoms with van der Waals surface area (Å²) in [6, 6.07) is 11.0. The number of aromatic nitrogens is 3. The van der Waals surface area contributed by atoms with Crippen LogP contribution in [-0.4, -0.2) is 55.6 Å². The standard InChI is InChI=1S/C33H33BrN10O6/c1-17(34)29(45)38-19-5-6-26-18(9-19)10-27(50-26)33(49)41-22-13-25(44(4)16-22)32(48)40-21-12-24(43(3)15-21)31(47)39-20-11-23(42(2)14-20)30(46)37-8-7-28(35)36/h5-6,9-16H,1,7-8H2,2-4H3,(H3,35,36)(H,37,46)(H,38,45)(H,39,47)(H,40,48)(H,41,49). The fraction of sp³-hybridized carbons (Fsp3) is 0.152. The van der Waals surface area contributed by atoms with Gasteiger partial charge >= 0.3 is 0 Å². The number of fused-ring (bicyclic) bond motifs is 1. The smallest absolute Gasteiger partial charge is 0.291 e. The second kappa shape index (κ2) is 14.4. The summed E-state index contributed by atoms with van der Waals surface area (Å²) in [6.45, 7) is 3.74. The number of hydrogen-bond acceptors (Lipinski definition) is 7. The van der Waals surface area contributed by atoms with Gasteiger partial charge < -0.3 is 50.4 Å². The average molecular weight is 746 g/mol. The van der Waals surface area contributed by atoms with E-state index in [0.717, 1.165) is 0 Å². The van der Waals surface area contributed by atoms with Gasteiger partial charge in [0.25, 0.3) is 29.5 Å². The number of aryl methyl sites for hydroxylation is 3. The molecule has 0 bridgehead atoms. The Labute approximate surface area is 293 Å². The predicted molar refractivity (Wildman–Crippen MR) is 192 cm³/mol. The number of hydrogen-bond donors (Lipinski definition) is 7. The Kier molecular flexibility index (Phi) is 10.1. The van der Waals surface area contributed by atoms with Gasteiger partial charge in [-0.1, -0.05) is 6.58 Å². The molecule has 5 rings (SSSR count). The number of rotatable bonds is 12. The molecule has 1 aromatic carbocycles. The van der Waals surface area contributed by atoms with E-state index in [-0.39, 0.29) is 46.3 Å². The van der Waals surface area contributed by atoms with E-state index >= 15 is 0 Å². The summed E-state index contributed by atoms with van der Waals surface area (Å²) in [5.74, 6) is -2.30. The number of carbonyl (C=O) groups excluding carboxylic acids is 5. The molecule has 4 aromatic heterocycles. The van der Waals surface area contributed by atoms with Crippen LogP contribution >= 0.6 is 15.9 Å². The second-order valence-corrected chi connectivity index (χ2v) is 12.2. The molecule has 50 heavy (non-hydrogen) atoms. The number of halogens is 1. The minimum atomic E-state index is -0.545. The lowest BCUT2D eigenvalue weighted by Crippen LogP contribution is -2.28. The van der Waals surface area contributed by atoms with Crippen molar-refractivity contribution >= 4 is 85.0 Å². The van der Waals surface area contributed by atoms with Crippen molar-refractivity contribution in [2.75, 3.05) is 27.8 Å². The highest BCUT2D eigenvalue weighted by molar-refractivity contribution is 9.12. The average Bonchev–Trinajstić information content (AvgIpc) is 3.81. The maximum absolute atomic E-state index is 13.2. The van der Waals surface area contributed by atoms with Gasteiger partial charge in [-0.2, -0.15) is 0 Å². The first-order chi connectivity index (χ1) is 23.7. The van der Waals surface area contributed by atoms with Crippen LogP contribution in [0.1, 0.15) is 48.4 Å². The van der Waals surface area contributed by atoms with Crippen molar-refractivity contribution in [3.63, 3.8) is 0 Å². The minimum Gasteiger partial charge on any atom is -0.451 e. The fourth-order valence-corrected chi connectivity index (χ4v) is 5.09. The summed E-state index contributed by atoms with van der Waals surface area (Å²) >= 11 is 3.03. The second-order valence-electron chi connectivity index (χ2n) is 11.3. The van der Waals surface area contributed by atoms with E-state index in [1.54, 1.807) is 67.1 Å². The molecular weight excluding hydrogens is 712 g/mol. The molecule has 0 radical (unpaired) electrons. The topological polar surface area (TPSA) is 223 Å². The lowest BCUT2D eigenvalue weighted by atomic mass is 10.2. The lowest BCUT2D eigenvalue weighted by molar-refractivity contribution is -0.112. The van der Waals surface area contributed by atoms with Crippen molar-refractivity contribution in [2.24, 2.45) is 26.9 Å². The van der Waals surface area contributed by atoms with E-state index in [4.69, 9.17) is 15.6 Å². The molecule has 17 heteroatoms. The largest absolute Gasteiger partial charge is 0.451 e. The zero-order valence-electron chi connectivity index (χ0n) is 27.1. The predicted octanol–water partition coefficient (Wildman–Crippen LogP) is 4.11. The minimum absolute atomic E-state index is 0.0259. The number of amidine groups is 1. The van der Waals surface area contributed by atoms with Crippen LogP contribution in [0.4, 0.5) is 22.7 Å². The van der Waals surface area contributed by atoms with Crippen molar-refractivity contribution in [2.45, 2.75) is 6.42 Å². The number of benzene rings is 1. The summed E-state index contributed by atoms with van der Waals surface area (Å²) in [6.07, 6.45) is 4.95. The first-order valence-electron chi connectivity index (χ1n) is 14.9. The molecule has 0 aliphatic rings. The van der Waals surface area contributed by atoms with Crippen LogP contribution in [0, 0.1) is 5.41 Å². The zero-order valence-corrected chi connectivity index (χ0v) is 28.7. The Balaban J connectivity index is 1.20. The van der Waals surface area contributed by atoms with E-state index in [1.165, 1.54) is 28.8 Å². The normalized spacial score (nSPS) is 10.8. The van der Waals surface area contributed by atoms with Crippen molar-refractivity contribution < 1.29 is 28.4 Å². The van der Waals surface area contributed by atoms with E-state index in [9.17, 15) is 24.0 Å². The Hall–Kier alpha value is -6.36. The van der Waals surface area contributed by atoms with Crippen LogP contribution in [0.15, 0.2) is 76.5 Å². The van der Waals surface area contributed by atoms with Gasteiger partial charge in [-0.25, -0.2) is 0 Å². The van der Waals surface area contributed by atoms with Crippen molar-refractivity contribution in [3.8, 4) is 0 Å². The molecule has 0 aliphatic heterocycles. The molecular formula is C33H33BrN10O6. The molecule has 0 saturated carbocycles. The molecule has 8 N–H and O–H groups in total. The van der Waals surface area contributed by atoms with Gasteiger partial charge in [0.15, 0.2) is 5.76 Å². The molecule has 5 amide bonds. The molecule has 4 heterocycles. The van der Waals surface area contributed by atoms with Gasteiger partial charge in [0.2, 0.25) is 0 Å². The monoisotopic (exact) mass is 744 g/mol. The van der Waals surface area contributed by atoms with Gasteiger partial charge in [-0.05, 0) is 58.4 Å². The Bertz CT molecular complexity index is 2200. The van der Waals surface area contributed by atoms with E-state index < -0.39 is 23.6 Å². The van der Waals surface area contributed by atoms with E-state index in [0.29, 0.717) is 39.4 Å². The molecule has 0 unspecified atom stereocenters. The SMILES string of the molecule is C=C(Br)C(=O)Nc1ccc2oc(C(=O)Nc3cc(C(=O)Nc4cc(C(=O)Nc5cc(C(=O)NCCC(=N)N)n(C)c5)n(C)c4)n(C)c3)cc2c1. The Morgan fingerprint density at radius 2 is 1.24 bits per heavy atom. The summed E-state index contributed by atoms with van der Waals surface area (Å²) in [5.41, 5.74) is 8.12. The molecule has 0 aliphatic carbocycles. The third kappa shape index (κ3) is 8.01. The van der Waals surface area contributed by atoms with Gasteiger partial charge in [0.1, 0.15) is 22.7 Å². The van der Waals surface area contributed by atoms with E-state index in [2.05, 4.69) is 49.1 Å². The quantitative estimate of drug-likeness (QED) is 0.0562. The Morgan fingerprint density at radius 1 is 0.740 bits per heavy atom. The summed E-state index contributed by atoms with van der Waals surface area (Å²) in [4.78, 5) is 63.7. The maximum atomic E-state index is 13.2. The fourth-order valence-electron chi connectivity index (χ4n) is 4.99. The molecule has 16 nitrogen and oxygen atoms in total. The van der Waals surface area contributed by atoms with Crippen molar-refractivity contribution in [3.05, 3.63) is 95.0 Å². The van der Waals surface area contributed by atoms with E-state index in [1.807, 2.05) is 0 Å². The molecule has 0 atom stereocenters. The molecule has 0 spiro atoms. The van der Waals surface area contributed by atoms with Crippen LogP contribution in [-0.2, 0) is 25.9 Å². The summed E-state index contributed by atoms with van der Waals surface area (Å²) < 4.78 is 10.5.